The Morgan fingerprint density at radius 2 is 0.927 bits per heavy atom. The molecule has 1 N–H and O–H groups in total. The van der Waals surface area contributed by atoms with Crippen molar-refractivity contribution in [1.29, 1.82) is 0 Å². The Balaban J connectivity index is 4.74. The van der Waals surface area contributed by atoms with Gasteiger partial charge in [0.1, 0.15) is 0 Å². The summed E-state index contributed by atoms with van der Waals surface area (Å²) in [7, 11) is -3.17. The summed E-state index contributed by atoms with van der Waals surface area (Å²) in [5.74, 6) is 0.155. The average molecular weight is 587 g/mol. The first-order chi connectivity index (χ1) is 19.3. The molecular weight excluding hydrogens is 524 g/mol. The first-order valence-electron chi connectivity index (χ1n) is 15.7. The highest BCUT2D eigenvalue weighted by atomic mass is 32.2. The van der Waals surface area contributed by atoms with Gasteiger partial charge in [0.25, 0.3) is 0 Å². The maximum Gasteiger partial charge on any atom is 0.157 e. The molecule has 0 aliphatic heterocycles. The molecule has 41 heavy (non-hydrogen) atoms. The first-order valence-corrected chi connectivity index (χ1v) is 17.4. The van der Waals surface area contributed by atoms with Gasteiger partial charge in [-0.25, -0.2) is 8.42 Å². The molecular formula is C37H62O3S. The molecule has 0 spiro atoms. The van der Waals surface area contributed by atoms with E-state index in [-0.39, 0.29) is 12.4 Å². The summed E-state index contributed by atoms with van der Waals surface area (Å²) in [6, 6.07) is 0. The van der Waals surface area contributed by atoms with Gasteiger partial charge in [0, 0.05) is 5.75 Å². The fraction of sp³-hybridized carbons (Fsp3) is 0.622. The molecule has 3 nitrogen and oxygen atoms in total. The zero-order valence-corrected chi connectivity index (χ0v) is 28.8. The molecule has 0 radical (unpaired) electrons. The standard InChI is InChI=1S/C37H62O3S/c1-10-41(39,40)37(36(9)25-15-24-35(8)28-29-38)27-26-34(7)23-14-22-33(6)21-13-20-32(5)19-12-18-31(4)17-11-16-30(2)3/h16,18,20,22,25-26,28,37-38H,10-15,17,19,21,23-24,27,29H2,1-9H3/b31-18?,32-20?,33-22+,34-26+,35-28+,36-25?. The normalized spacial score (nSPS) is 15.4. The quantitative estimate of drug-likeness (QED) is 0.136. The molecule has 1 atom stereocenters. The van der Waals surface area contributed by atoms with Gasteiger partial charge in [-0.05, 0) is 126 Å². The van der Waals surface area contributed by atoms with E-state index in [2.05, 4.69) is 78.0 Å². The summed E-state index contributed by atoms with van der Waals surface area (Å²) in [6.07, 6.45) is 26.3. The van der Waals surface area contributed by atoms with Crippen molar-refractivity contribution in [3.05, 3.63) is 81.5 Å². The van der Waals surface area contributed by atoms with Crippen molar-refractivity contribution < 1.29 is 13.5 Å². The molecule has 0 aliphatic rings. The van der Waals surface area contributed by atoms with E-state index >= 15 is 0 Å². The molecule has 0 bridgehead atoms. The van der Waals surface area contributed by atoms with Crippen LogP contribution in [0.2, 0.25) is 0 Å². The van der Waals surface area contributed by atoms with Gasteiger partial charge in [-0.15, -0.1) is 0 Å². The predicted molar refractivity (Wildman–Crippen MR) is 183 cm³/mol. The van der Waals surface area contributed by atoms with Crippen molar-refractivity contribution in [2.24, 2.45) is 0 Å². The lowest BCUT2D eigenvalue weighted by Gasteiger charge is -2.17. The lowest BCUT2D eigenvalue weighted by Crippen LogP contribution is -2.24. The second kappa shape index (κ2) is 22.7. The monoisotopic (exact) mass is 586 g/mol. The number of hydrogen-bond acceptors (Lipinski definition) is 3. The summed E-state index contributed by atoms with van der Waals surface area (Å²) < 4.78 is 25.6. The smallest absolute Gasteiger partial charge is 0.157 e. The summed E-state index contributed by atoms with van der Waals surface area (Å²) >= 11 is 0. The van der Waals surface area contributed by atoms with E-state index < -0.39 is 15.1 Å². The van der Waals surface area contributed by atoms with E-state index in [1.54, 1.807) is 13.0 Å². The van der Waals surface area contributed by atoms with E-state index in [0.29, 0.717) is 6.42 Å². The molecule has 0 aliphatic carbocycles. The van der Waals surface area contributed by atoms with E-state index in [1.165, 1.54) is 27.9 Å². The van der Waals surface area contributed by atoms with Crippen LogP contribution < -0.4 is 0 Å². The fourth-order valence-corrected chi connectivity index (χ4v) is 6.13. The van der Waals surface area contributed by atoms with Crippen LogP contribution in [0, 0.1) is 0 Å². The van der Waals surface area contributed by atoms with E-state index in [4.69, 9.17) is 5.11 Å². The molecule has 1 unspecified atom stereocenters. The van der Waals surface area contributed by atoms with Gasteiger partial charge in [0.2, 0.25) is 0 Å². The van der Waals surface area contributed by atoms with Crippen molar-refractivity contribution in [3.63, 3.8) is 0 Å². The third-order valence-corrected chi connectivity index (χ3v) is 9.89. The molecule has 0 heterocycles. The van der Waals surface area contributed by atoms with Gasteiger partial charge in [-0.1, -0.05) is 88.5 Å². The Kier molecular flexibility index (Phi) is 21.6. The summed E-state index contributed by atoms with van der Waals surface area (Å²) in [6.45, 7) is 18.9. The SMILES string of the molecule is CCS(=O)(=O)C(C/C=C(\C)CC/C=C(\C)CCC=C(C)CCC=C(C)CCC=C(C)C)C(C)=CCC/C(C)=C/CO. The molecule has 0 amide bonds. The Labute approximate surface area is 254 Å². The van der Waals surface area contributed by atoms with Crippen LogP contribution in [0.5, 0.6) is 0 Å². The van der Waals surface area contributed by atoms with Crippen LogP contribution in [0.15, 0.2) is 81.5 Å². The minimum atomic E-state index is -3.17. The van der Waals surface area contributed by atoms with Crippen LogP contribution in [-0.2, 0) is 9.84 Å². The van der Waals surface area contributed by atoms with Gasteiger partial charge in [0.05, 0.1) is 11.9 Å². The van der Waals surface area contributed by atoms with Gasteiger partial charge in [0.15, 0.2) is 9.84 Å². The van der Waals surface area contributed by atoms with Crippen LogP contribution in [0.3, 0.4) is 0 Å². The van der Waals surface area contributed by atoms with E-state index in [1.807, 2.05) is 13.8 Å². The number of aliphatic hydroxyl groups is 1. The van der Waals surface area contributed by atoms with Crippen LogP contribution in [0.4, 0.5) is 0 Å². The predicted octanol–water partition coefficient (Wildman–Crippen LogP) is 10.7. The molecule has 0 saturated carbocycles. The molecule has 0 rings (SSSR count). The Bertz CT molecular complexity index is 1070. The fourth-order valence-electron chi connectivity index (χ4n) is 4.68. The summed E-state index contributed by atoms with van der Waals surface area (Å²) in [4.78, 5) is 0. The van der Waals surface area contributed by atoms with E-state index in [9.17, 15) is 8.42 Å². The number of aliphatic hydroxyl groups excluding tert-OH is 1. The minimum absolute atomic E-state index is 0.0480. The molecule has 234 valence electrons. The highest BCUT2D eigenvalue weighted by Crippen LogP contribution is 2.21. The van der Waals surface area contributed by atoms with Crippen LogP contribution in [-0.4, -0.2) is 31.1 Å². The molecule has 0 aromatic rings. The third kappa shape index (κ3) is 20.6. The van der Waals surface area contributed by atoms with Gasteiger partial charge < -0.3 is 5.11 Å². The number of hydrogen-bond donors (Lipinski definition) is 1. The van der Waals surface area contributed by atoms with Crippen molar-refractivity contribution >= 4 is 9.84 Å². The lowest BCUT2D eigenvalue weighted by molar-refractivity contribution is 0.341. The second-order valence-electron chi connectivity index (χ2n) is 12.0. The van der Waals surface area contributed by atoms with Crippen LogP contribution in [0.25, 0.3) is 0 Å². The number of sulfone groups is 1. The molecule has 4 heteroatoms. The lowest BCUT2D eigenvalue weighted by atomic mass is 10.0. The zero-order valence-electron chi connectivity index (χ0n) is 28.0. The number of rotatable bonds is 21. The Hall–Kier alpha value is -1.91. The maximum atomic E-state index is 12.8. The van der Waals surface area contributed by atoms with E-state index in [0.717, 1.165) is 75.4 Å². The number of allylic oxidation sites excluding steroid dienone is 12. The summed E-state index contributed by atoms with van der Waals surface area (Å²) in [5, 5.41) is 8.57. The molecule has 0 fully saturated rings. The maximum absolute atomic E-state index is 12.8. The zero-order chi connectivity index (χ0) is 31.3. The Morgan fingerprint density at radius 3 is 1.32 bits per heavy atom. The molecule has 0 aromatic heterocycles. The van der Waals surface area contributed by atoms with Crippen molar-refractivity contribution in [2.75, 3.05) is 12.4 Å². The molecule has 0 aromatic carbocycles. The van der Waals surface area contributed by atoms with Crippen molar-refractivity contribution in [3.8, 4) is 0 Å². The third-order valence-electron chi connectivity index (χ3n) is 7.65. The van der Waals surface area contributed by atoms with Gasteiger partial charge >= 0.3 is 0 Å². The van der Waals surface area contributed by atoms with Crippen LogP contribution in [0.1, 0.15) is 133 Å². The molecule has 0 saturated heterocycles. The summed E-state index contributed by atoms with van der Waals surface area (Å²) in [5.41, 5.74) is 9.09. The Morgan fingerprint density at radius 1 is 0.561 bits per heavy atom. The van der Waals surface area contributed by atoms with Gasteiger partial charge in [-0.3, -0.25) is 0 Å². The van der Waals surface area contributed by atoms with Crippen molar-refractivity contribution in [1.82, 2.24) is 0 Å². The van der Waals surface area contributed by atoms with Crippen molar-refractivity contribution in [2.45, 2.75) is 138 Å². The topological polar surface area (TPSA) is 54.4 Å². The average Bonchev–Trinajstić information content (AvgIpc) is 2.88. The highest BCUT2D eigenvalue weighted by Gasteiger charge is 2.24. The minimum Gasteiger partial charge on any atom is -0.392 e. The highest BCUT2D eigenvalue weighted by molar-refractivity contribution is 7.92. The van der Waals surface area contributed by atoms with Crippen LogP contribution >= 0.6 is 0 Å². The van der Waals surface area contributed by atoms with Gasteiger partial charge in [-0.2, -0.15) is 0 Å². The second-order valence-corrected chi connectivity index (χ2v) is 14.5. The first kappa shape index (κ1) is 39.1. The largest absolute Gasteiger partial charge is 0.392 e.